The van der Waals surface area contributed by atoms with Crippen LogP contribution in [0.1, 0.15) is 23.4 Å². The molecule has 0 radical (unpaired) electrons. The highest BCUT2D eigenvalue weighted by atomic mass is 16.6. The highest BCUT2D eigenvalue weighted by Gasteiger charge is 2.16. The number of carbonyl (C=O) groups excluding carboxylic acids is 1. The molecule has 0 bridgehead atoms. The molecule has 1 aliphatic carbocycles. The quantitative estimate of drug-likeness (QED) is 0.380. The number of carbonyl (C=O) groups is 1. The van der Waals surface area contributed by atoms with E-state index in [4.69, 9.17) is 9.47 Å². The lowest BCUT2D eigenvalue weighted by Gasteiger charge is -2.09. The molecule has 3 aromatic rings. The number of benzene rings is 2. The van der Waals surface area contributed by atoms with Crippen molar-refractivity contribution < 1.29 is 19.4 Å². The number of imidazole rings is 1. The Kier molecular flexibility index (Phi) is 5.16. The third-order valence-electron chi connectivity index (χ3n) is 4.82. The van der Waals surface area contributed by atoms with Crippen molar-refractivity contribution in [3.63, 3.8) is 0 Å². The van der Waals surface area contributed by atoms with Gasteiger partial charge in [-0.3, -0.25) is 0 Å². The van der Waals surface area contributed by atoms with E-state index in [1.807, 2.05) is 42.5 Å². The number of H-pyrrole nitrogens is 1. The number of hydrogen-bond acceptors (Lipinski definition) is 6. The number of aromatic nitrogens is 2. The number of nitrogens with one attached hydrogen (secondary N) is 1. The van der Waals surface area contributed by atoms with E-state index in [1.54, 1.807) is 6.07 Å². The molecular weight excluding hydrogens is 370 g/mol. The minimum absolute atomic E-state index is 0.0754. The number of aromatic amines is 1. The maximum Gasteiger partial charge on any atom is 0.344 e. The first kappa shape index (κ1) is 18.6. The van der Waals surface area contributed by atoms with Gasteiger partial charge in [0, 0.05) is 0 Å². The standard InChI is InChI=1S/C22H19N3O4/c23-11-17(22-24-18-6-1-2-7-19(18)25-22)20(26)12-29-21(27)13-28-16-9-8-14-4-3-5-15(14)10-16/h1-2,6-10,26H,3-5,12-13H2,(H,24,25)/b20-17+. The van der Waals surface area contributed by atoms with Crippen molar-refractivity contribution in [3.8, 4) is 11.8 Å². The highest BCUT2D eigenvalue weighted by Crippen LogP contribution is 2.26. The predicted molar refractivity (Wildman–Crippen MR) is 106 cm³/mol. The number of allylic oxidation sites excluding steroid dienone is 1. The molecule has 7 nitrogen and oxygen atoms in total. The molecule has 146 valence electrons. The van der Waals surface area contributed by atoms with Crippen LogP contribution in [0.4, 0.5) is 0 Å². The van der Waals surface area contributed by atoms with E-state index < -0.39 is 12.6 Å². The molecular formula is C22H19N3O4. The van der Waals surface area contributed by atoms with Gasteiger partial charge in [-0.15, -0.1) is 0 Å². The second-order valence-corrected chi connectivity index (χ2v) is 6.77. The van der Waals surface area contributed by atoms with Gasteiger partial charge in [-0.1, -0.05) is 18.2 Å². The van der Waals surface area contributed by atoms with Crippen molar-refractivity contribution in [2.24, 2.45) is 0 Å². The Hall–Kier alpha value is -3.79. The molecule has 0 amide bonds. The number of nitriles is 1. The average molecular weight is 389 g/mol. The summed E-state index contributed by atoms with van der Waals surface area (Å²) < 4.78 is 10.5. The lowest BCUT2D eigenvalue weighted by atomic mass is 10.1. The van der Waals surface area contributed by atoms with Gasteiger partial charge in [-0.2, -0.15) is 5.26 Å². The fraction of sp³-hybridized carbons (Fsp3) is 0.227. The lowest BCUT2D eigenvalue weighted by Crippen LogP contribution is -2.16. The van der Waals surface area contributed by atoms with Crippen LogP contribution in [0.5, 0.6) is 5.75 Å². The van der Waals surface area contributed by atoms with Crippen LogP contribution in [0.2, 0.25) is 0 Å². The van der Waals surface area contributed by atoms with E-state index in [0.717, 1.165) is 24.8 Å². The second-order valence-electron chi connectivity index (χ2n) is 6.77. The molecule has 7 heteroatoms. The van der Waals surface area contributed by atoms with Gasteiger partial charge in [-0.25, -0.2) is 9.78 Å². The minimum Gasteiger partial charge on any atom is -0.507 e. The number of aliphatic hydroxyl groups excluding tert-OH is 1. The van der Waals surface area contributed by atoms with Gasteiger partial charge >= 0.3 is 5.97 Å². The molecule has 0 saturated carbocycles. The number of rotatable bonds is 6. The first-order chi connectivity index (χ1) is 14.1. The van der Waals surface area contributed by atoms with Crippen LogP contribution < -0.4 is 4.74 Å². The van der Waals surface area contributed by atoms with Gasteiger partial charge in [0.15, 0.2) is 18.2 Å². The Morgan fingerprint density at radius 2 is 2.00 bits per heavy atom. The number of fused-ring (bicyclic) bond motifs is 2. The molecule has 4 rings (SSSR count). The Morgan fingerprint density at radius 1 is 1.17 bits per heavy atom. The minimum atomic E-state index is -0.640. The van der Waals surface area contributed by atoms with Crippen LogP contribution in [0.3, 0.4) is 0 Å². The first-order valence-corrected chi connectivity index (χ1v) is 9.31. The SMILES string of the molecule is N#C/C(=C(\O)COC(=O)COc1ccc2c(c1)CCC2)c1nc2ccccc2[nH]1. The third kappa shape index (κ3) is 4.06. The average Bonchev–Trinajstić information content (AvgIpc) is 3.37. The fourth-order valence-electron chi connectivity index (χ4n) is 3.37. The summed E-state index contributed by atoms with van der Waals surface area (Å²) in [5.41, 5.74) is 3.91. The van der Waals surface area contributed by atoms with E-state index in [2.05, 4.69) is 9.97 Å². The Balaban J connectivity index is 1.36. The van der Waals surface area contributed by atoms with Crippen LogP contribution in [-0.2, 0) is 22.4 Å². The molecule has 0 fully saturated rings. The normalized spacial score (nSPS) is 13.5. The molecule has 29 heavy (non-hydrogen) atoms. The monoisotopic (exact) mass is 389 g/mol. The number of nitrogens with zero attached hydrogens (tertiary/aromatic N) is 2. The lowest BCUT2D eigenvalue weighted by molar-refractivity contribution is -0.145. The Bertz CT molecular complexity index is 1110. The highest BCUT2D eigenvalue weighted by molar-refractivity contribution is 5.83. The van der Waals surface area contributed by atoms with E-state index in [1.165, 1.54) is 11.1 Å². The number of hydrogen-bond donors (Lipinski definition) is 2. The Labute approximate surface area is 167 Å². The van der Waals surface area contributed by atoms with Crippen molar-refractivity contribution in [2.45, 2.75) is 19.3 Å². The van der Waals surface area contributed by atoms with Crippen LogP contribution in [0, 0.1) is 11.3 Å². The number of esters is 1. The number of aryl methyl sites for hydroxylation is 2. The van der Waals surface area contributed by atoms with Crippen molar-refractivity contribution in [2.75, 3.05) is 13.2 Å². The van der Waals surface area contributed by atoms with Crippen LogP contribution in [0.15, 0.2) is 48.2 Å². The third-order valence-corrected chi connectivity index (χ3v) is 4.82. The first-order valence-electron chi connectivity index (χ1n) is 9.31. The predicted octanol–water partition coefficient (Wildman–Crippen LogP) is 3.47. The molecule has 2 aromatic carbocycles. The summed E-state index contributed by atoms with van der Waals surface area (Å²) in [6, 6.07) is 15.0. The molecule has 0 spiro atoms. The van der Waals surface area contributed by atoms with E-state index >= 15 is 0 Å². The van der Waals surface area contributed by atoms with Crippen molar-refractivity contribution in [1.82, 2.24) is 9.97 Å². The van der Waals surface area contributed by atoms with E-state index in [0.29, 0.717) is 11.3 Å². The molecule has 1 heterocycles. The molecule has 0 unspecified atom stereocenters. The van der Waals surface area contributed by atoms with Gasteiger partial charge in [0.2, 0.25) is 0 Å². The van der Waals surface area contributed by atoms with Gasteiger partial charge < -0.3 is 19.6 Å². The zero-order chi connectivity index (χ0) is 20.2. The summed E-state index contributed by atoms with van der Waals surface area (Å²) in [6.07, 6.45) is 3.24. The van der Waals surface area contributed by atoms with Gasteiger partial charge in [0.1, 0.15) is 24.0 Å². The van der Waals surface area contributed by atoms with Crippen molar-refractivity contribution in [3.05, 3.63) is 65.2 Å². The molecule has 1 aromatic heterocycles. The van der Waals surface area contributed by atoms with E-state index in [-0.39, 0.29) is 23.8 Å². The van der Waals surface area contributed by atoms with Crippen molar-refractivity contribution >= 4 is 22.6 Å². The summed E-state index contributed by atoms with van der Waals surface area (Å²) in [6.45, 7) is -0.717. The number of para-hydroxylation sites is 2. The largest absolute Gasteiger partial charge is 0.507 e. The summed E-state index contributed by atoms with van der Waals surface area (Å²) in [5, 5.41) is 19.6. The topological polar surface area (TPSA) is 108 Å². The van der Waals surface area contributed by atoms with Gasteiger partial charge in [0.25, 0.3) is 0 Å². The number of aliphatic hydroxyl groups is 1. The maximum absolute atomic E-state index is 12.0. The van der Waals surface area contributed by atoms with Crippen molar-refractivity contribution in [1.29, 1.82) is 5.26 Å². The molecule has 2 N–H and O–H groups in total. The summed E-state index contributed by atoms with van der Waals surface area (Å²) >= 11 is 0. The van der Waals surface area contributed by atoms with Crippen LogP contribution in [-0.4, -0.2) is 34.3 Å². The van der Waals surface area contributed by atoms with Crippen LogP contribution >= 0.6 is 0 Å². The molecule has 0 atom stereocenters. The molecule has 0 saturated heterocycles. The van der Waals surface area contributed by atoms with Gasteiger partial charge in [-0.05, 0) is 54.7 Å². The van der Waals surface area contributed by atoms with Gasteiger partial charge in [0.05, 0.1) is 11.0 Å². The van der Waals surface area contributed by atoms with E-state index in [9.17, 15) is 15.2 Å². The maximum atomic E-state index is 12.0. The molecule has 1 aliphatic rings. The Morgan fingerprint density at radius 3 is 2.83 bits per heavy atom. The number of ether oxygens (including phenoxy) is 2. The smallest absolute Gasteiger partial charge is 0.344 e. The summed E-state index contributed by atoms with van der Waals surface area (Å²) in [5.74, 6) is -0.185. The fourth-order valence-corrected chi connectivity index (χ4v) is 3.37. The molecule has 0 aliphatic heterocycles. The summed E-state index contributed by atoms with van der Waals surface area (Å²) in [4.78, 5) is 19.2. The second kappa shape index (κ2) is 8.07. The summed E-state index contributed by atoms with van der Waals surface area (Å²) in [7, 11) is 0. The van der Waals surface area contributed by atoms with Crippen LogP contribution in [0.25, 0.3) is 16.6 Å². The zero-order valence-corrected chi connectivity index (χ0v) is 15.6. The zero-order valence-electron chi connectivity index (χ0n) is 15.6.